The van der Waals surface area contributed by atoms with E-state index in [0.717, 1.165) is 16.9 Å². The highest BCUT2D eigenvalue weighted by Crippen LogP contribution is 2.19. The lowest BCUT2D eigenvalue weighted by Gasteiger charge is -2.35. The number of anilines is 1. The average Bonchev–Trinajstić information content (AvgIpc) is 3.09. The Balaban J connectivity index is 1.48. The second-order valence-electron chi connectivity index (χ2n) is 7.47. The first-order chi connectivity index (χ1) is 13.9. The van der Waals surface area contributed by atoms with Gasteiger partial charge in [-0.05, 0) is 56.7 Å². The Morgan fingerprint density at radius 3 is 2.28 bits per heavy atom. The third kappa shape index (κ3) is 3.85. The zero-order chi connectivity index (χ0) is 20.5. The molecule has 3 aromatic rings. The Labute approximate surface area is 169 Å². The highest BCUT2D eigenvalue weighted by atomic mass is 19.1. The van der Waals surface area contributed by atoms with Gasteiger partial charge in [0.25, 0.3) is 5.91 Å². The molecule has 7 heteroatoms. The largest absolute Gasteiger partial charge is 0.368 e. The van der Waals surface area contributed by atoms with Crippen LogP contribution in [0, 0.1) is 26.6 Å². The van der Waals surface area contributed by atoms with Crippen LogP contribution >= 0.6 is 0 Å². The van der Waals surface area contributed by atoms with Crippen molar-refractivity contribution in [1.82, 2.24) is 19.9 Å². The Morgan fingerprint density at radius 1 is 0.931 bits per heavy atom. The molecule has 29 heavy (non-hydrogen) atoms. The summed E-state index contributed by atoms with van der Waals surface area (Å²) in [4.78, 5) is 18.5. The van der Waals surface area contributed by atoms with Crippen LogP contribution in [0.1, 0.15) is 27.3 Å². The zero-order valence-electron chi connectivity index (χ0n) is 16.9. The Hall–Kier alpha value is -3.22. The monoisotopic (exact) mass is 393 g/mol. The van der Waals surface area contributed by atoms with E-state index < -0.39 is 0 Å². The number of aryl methyl sites for hydroxylation is 3. The molecule has 0 saturated carbocycles. The molecule has 1 aliphatic heterocycles. The molecule has 1 fully saturated rings. The van der Waals surface area contributed by atoms with Crippen LogP contribution in [0.25, 0.3) is 5.69 Å². The summed E-state index contributed by atoms with van der Waals surface area (Å²) in [6.07, 6.45) is 0. The normalized spacial score (nSPS) is 14.3. The Kier molecular flexibility index (Phi) is 5.05. The van der Waals surface area contributed by atoms with Gasteiger partial charge in [0.2, 0.25) is 0 Å². The molecule has 6 nitrogen and oxygen atoms in total. The fourth-order valence-electron chi connectivity index (χ4n) is 3.68. The van der Waals surface area contributed by atoms with E-state index >= 15 is 0 Å². The van der Waals surface area contributed by atoms with Crippen molar-refractivity contribution < 1.29 is 9.18 Å². The Morgan fingerprint density at radius 2 is 1.62 bits per heavy atom. The summed E-state index contributed by atoms with van der Waals surface area (Å²) in [7, 11) is 0. The number of piperazine rings is 1. The summed E-state index contributed by atoms with van der Waals surface area (Å²) in [5.41, 5.74) is 5.09. The predicted molar refractivity (Wildman–Crippen MR) is 110 cm³/mol. The van der Waals surface area contributed by atoms with Crippen LogP contribution in [0.15, 0.2) is 42.5 Å². The first-order valence-corrected chi connectivity index (χ1v) is 9.74. The average molecular weight is 393 g/mol. The third-order valence-electron chi connectivity index (χ3n) is 5.31. The highest BCUT2D eigenvalue weighted by Gasteiger charge is 2.26. The van der Waals surface area contributed by atoms with Gasteiger partial charge in [0, 0.05) is 31.9 Å². The number of halogens is 1. The fraction of sp³-hybridized carbons (Fsp3) is 0.318. The zero-order valence-corrected chi connectivity index (χ0v) is 16.9. The van der Waals surface area contributed by atoms with Gasteiger partial charge < -0.3 is 9.80 Å². The first-order valence-electron chi connectivity index (χ1n) is 9.74. The lowest BCUT2D eigenvalue weighted by molar-refractivity contribution is 0.0739. The van der Waals surface area contributed by atoms with E-state index in [2.05, 4.69) is 21.2 Å². The lowest BCUT2D eigenvalue weighted by atomic mass is 10.1. The molecular formula is C22H24FN5O. The van der Waals surface area contributed by atoms with Crippen molar-refractivity contribution in [2.45, 2.75) is 20.8 Å². The number of rotatable bonds is 3. The maximum atomic E-state index is 13.1. The van der Waals surface area contributed by atoms with E-state index in [0.29, 0.717) is 37.6 Å². The number of carbonyl (C=O) groups is 1. The molecule has 4 rings (SSSR count). The van der Waals surface area contributed by atoms with Crippen molar-refractivity contribution in [1.29, 1.82) is 0 Å². The molecule has 0 unspecified atom stereocenters. The number of hydrogen-bond donors (Lipinski definition) is 0. The van der Waals surface area contributed by atoms with Gasteiger partial charge in [-0.2, -0.15) is 9.90 Å². The third-order valence-corrected chi connectivity index (χ3v) is 5.31. The van der Waals surface area contributed by atoms with Gasteiger partial charge in [-0.25, -0.2) is 4.39 Å². The van der Waals surface area contributed by atoms with E-state index in [1.807, 2.05) is 37.8 Å². The van der Waals surface area contributed by atoms with Crippen LogP contribution in [-0.2, 0) is 0 Å². The Bertz CT molecular complexity index is 1040. The van der Waals surface area contributed by atoms with Crippen molar-refractivity contribution in [2.75, 3.05) is 31.1 Å². The number of benzene rings is 2. The highest BCUT2D eigenvalue weighted by molar-refractivity contribution is 5.93. The molecular weight excluding hydrogens is 369 g/mol. The van der Waals surface area contributed by atoms with Crippen LogP contribution < -0.4 is 4.90 Å². The molecule has 1 aliphatic rings. The molecule has 1 amide bonds. The molecule has 2 aromatic carbocycles. The number of aromatic nitrogens is 3. The van der Waals surface area contributed by atoms with Crippen LogP contribution in [-0.4, -0.2) is 52.0 Å². The van der Waals surface area contributed by atoms with E-state index in [1.54, 1.807) is 16.9 Å². The van der Waals surface area contributed by atoms with Gasteiger partial charge in [-0.15, -0.1) is 5.10 Å². The minimum atomic E-state index is -0.245. The summed E-state index contributed by atoms with van der Waals surface area (Å²) in [6, 6.07) is 12.5. The van der Waals surface area contributed by atoms with Crippen molar-refractivity contribution in [2.24, 2.45) is 0 Å². The minimum Gasteiger partial charge on any atom is -0.368 e. The molecule has 150 valence electrons. The predicted octanol–water partition coefficient (Wildman–Crippen LogP) is 3.29. The summed E-state index contributed by atoms with van der Waals surface area (Å²) in [5.74, 6) is -0.345. The van der Waals surface area contributed by atoms with Gasteiger partial charge in [-0.1, -0.05) is 17.7 Å². The van der Waals surface area contributed by atoms with Gasteiger partial charge in [0.15, 0.2) is 5.69 Å². The molecule has 0 spiro atoms. The SMILES string of the molecule is Cc1ccc(-n2nc(C)c(C(=O)N3CCN(c4ccc(F)cc4)CC3)n2)c(C)c1. The van der Waals surface area contributed by atoms with Crippen molar-refractivity contribution >= 4 is 11.6 Å². The van der Waals surface area contributed by atoms with Crippen molar-refractivity contribution in [3.63, 3.8) is 0 Å². The van der Waals surface area contributed by atoms with E-state index in [-0.39, 0.29) is 11.7 Å². The molecule has 1 aromatic heterocycles. The van der Waals surface area contributed by atoms with E-state index in [1.165, 1.54) is 17.7 Å². The lowest BCUT2D eigenvalue weighted by Crippen LogP contribution is -2.49. The van der Waals surface area contributed by atoms with Gasteiger partial charge in [0.1, 0.15) is 5.82 Å². The smallest absolute Gasteiger partial charge is 0.276 e. The number of nitrogens with zero attached hydrogens (tertiary/aromatic N) is 5. The molecule has 0 bridgehead atoms. The maximum absolute atomic E-state index is 13.1. The number of carbonyl (C=O) groups excluding carboxylic acids is 1. The topological polar surface area (TPSA) is 54.3 Å². The van der Waals surface area contributed by atoms with Crippen LogP contribution in [0.5, 0.6) is 0 Å². The van der Waals surface area contributed by atoms with Crippen molar-refractivity contribution in [3.8, 4) is 5.69 Å². The van der Waals surface area contributed by atoms with Crippen LogP contribution in [0.4, 0.5) is 10.1 Å². The van der Waals surface area contributed by atoms with Crippen LogP contribution in [0.3, 0.4) is 0 Å². The summed E-state index contributed by atoms with van der Waals surface area (Å²) in [5, 5.41) is 8.96. The summed E-state index contributed by atoms with van der Waals surface area (Å²) < 4.78 is 13.1. The fourth-order valence-corrected chi connectivity index (χ4v) is 3.68. The summed E-state index contributed by atoms with van der Waals surface area (Å²) >= 11 is 0. The maximum Gasteiger partial charge on any atom is 0.276 e. The minimum absolute atomic E-state index is 0.0997. The van der Waals surface area contributed by atoms with E-state index in [9.17, 15) is 9.18 Å². The molecule has 0 N–H and O–H groups in total. The molecule has 1 saturated heterocycles. The summed E-state index contributed by atoms with van der Waals surface area (Å²) in [6.45, 7) is 8.44. The van der Waals surface area contributed by atoms with E-state index in [4.69, 9.17) is 0 Å². The molecule has 0 atom stereocenters. The van der Waals surface area contributed by atoms with Crippen LogP contribution in [0.2, 0.25) is 0 Å². The van der Waals surface area contributed by atoms with Gasteiger partial charge in [0.05, 0.1) is 11.4 Å². The molecule has 2 heterocycles. The van der Waals surface area contributed by atoms with Gasteiger partial charge >= 0.3 is 0 Å². The second kappa shape index (κ2) is 7.66. The standard InChI is InChI=1S/C22H24FN5O/c1-15-4-9-20(16(2)14-15)28-24-17(3)21(25-28)22(29)27-12-10-26(11-13-27)19-7-5-18(23)6-8-19/h4-9,14H,10-13H2,1-3H3. The first kappa shape index (κ1) is 19.1. The van der Waals surface area contributed by atoms with Crippen molar-refractivity contribution in [3.05, 3.63) is 70.8 Å². The second-order valence-corrected chi connectivity index (χ2v) is 7.47. The quantitative estimate of drug-likeness (QED) is 0.685. The molecule has 0 radical (unpaired) electrons. The number of amides is 1. The molecule has 0 aliphatic carbocycles. The number of hydrogen-bond acceptors (Lipinski definition) is 4. The van der Waals surface area contributed by atoms with Gasteiger partial charge in [-0.3, -0.25) is 4.79 Å².